The molecule has 0 radical (unpaired) electrons. The number of anilines is 2. The Morgan fingerprint density at radius 1 is 1.17 bits per heavy atom. The number of amides is 1. The van der Waals surface area contributed by atoms with E-state index in [1.165, 1.54) is 5.56 Å². The molecule has 1 aliphatic heterocycles. The molecule has 5 heteroatoms. The molecule has 0 spiro atoms. The Hall–Kier alpha value is -3.44. The number of para-hydroxylation sites is 1. The van der Waals surface area contributed by atoms with Crippen LogP contribution in [0.2, 0.25) is 0 Å². The second-order valence-electron chi connectivity index (χ2n) is 9.57. The fraction of sp³-hybridized carbons (Fsp3) is 0.355. The Morgan fingerprint density at radius 3 is 2.69 bits per heavy atom. The topological polar surface area (TPSA) is 56.7 Å². The second-order valence-corrected chi connectivity index (χ2v) is 9.57. The maximum Gasteiger partial charge on any atom is 0.226 e. The first-order chi connectivity index (χ1) is 17.5. The Kier molecular flexibility index (Phi) is 10.7. The minimum absolute atomic E-state index is 0.0251. The van der Waals surface area contributed by atoms with E-state index in [1.807, 2.05) is 50.4 Å². The summed E-state index contributed by atoms with van der Waals surface area (Å²) in [6.45, 7) is 15.4. The Bertz CT molecular complexity index is 1080. The number of likely N-dealkylation sites (tertiary alicyclic amines) is 1. The van der Waals surface area contributed by atoms with Crippen molar-refractivity contribution in [3.8, 4) is 0 Å². The van der Waals surface area contributed by atoms with Crippen LogP contribution in [0.3, 0.4) is 0 Å². The van der Waals surface area contributed by atoms with E-state index in [2.05, 4.69) is 64.0 Å². The molecule has 1 amide bonds. The summed E-state index contributed by atoms with van der Waals surface area (Å²) in [5.41, 5.74) is 5.54. The van der Waals surface area contributed by atoms with Crippen molar-refractivity contribution < 1.29 is 4.79 Å². The number of benzene rings is 2. The molecule has 36 heavy (non-hydrogen) atoms. The lowest BCUT2D eigenvalue weighted by Gasteiger charge is -2.33. The first-order valence-corrected chi connectivity index (χ1v) is 12.9. The van der Waals surface area contributed by atoms with Crippen molar-refractivity contribution in [1.82, 2.24) is 4.90 Å². The zero-order valence-corrected chi connectivity index (χ0v) is 21.7. The molecule has 1 heterocycles. The van der Waals surface area contributed by atoms with Crippen molar-refractivity contribution in [3.63, 3.8) is 0 Å². The number of nitrogens with zero attached hydrogens (tertiary/aromatic N) is 2. The van der Waals surface area contributed by atoms with Gasteiger partial charge in [0.15, 0.2) is 0 Å². The maximum absolute atomic E-state index is 12.1. The summed E-state index contributed by atoms with van der Waals surface area (Å²) in [6, 6.07) is 16.7. The van der Waals surface area contributed by atoms with Crippen LogP contribution < -0.4 is 10.6 Å². The largest absolute Gasteiger partial charge is 0.366 e. The van der Waals surface area contributed by atoms with Gasteiger partial charge >= 0.3 is 0 Å². The maximum atomic E-state index is 12.1. The number of nitrogens with one attached hydrogen (secondary N) is 2. The van der Waals surface area contributed by atoms with Crippen molar-refractivity contribution in [3.05, 3.63) is 91.0 Å². The molecule has 3 rings (SSSR count). The summed E-state index contributed by atoms with van der Waals surface area (Å²) in [4.78, 5) is 19.0. The fourth-order valence-electron chi connectivity index (χ4n) is 4.39. The fourth-order valence-corrected chi connectivity index (χ4v) is 4.39. The molecule has 1 saturated heterocycles. The monoisotopic (exact) mass is 484 g/mol. The average Bonchev–Trinajstić information content (AvgIpc) is 2.89. The van der Waals surface area contributed by atoms with Gasteiger partial charge in [0.05, 0.1) is 0 Å². The summed E-state index contributed by atoms with van der Waals surface area (Å²) < 4.78 is 0. The minimum atomic E-state index is -0.0251. The third-order valence-electron chi connectivity index (χ3n) is 6.46. The number of hydrogen-bond acceptors (Lipinski definition) is 4. The lowest BCUT2D eigenvalue weighted by atomic mass is 9.89. The van der Waals surface area contributed by atoms with E-state index in [0.717, 1.165) is 61.4 Å². The highest BCUT2D eigenvalue weighted by molar-refractivity contribution is 5.92. The summed E-state index contributed by atoms with van der Waals surface area (Å²) >= 11 is 0. The van der Waals surface area contributed by atoms with Gasteiger partial charge in [-0.1, -0.05) is 75.6 Å². The van der Waals surface area contributed by atoms with Crippen LogP contribution in [0.5, 0.6) is 0 Å². The van der Waals surface area contributed by atoms with Crippen molar-refractivity contribution in [1.29, 1.82) is 0 Å². The number of allylic oxidation sites excluding steroid dienone is 3. The molecule has 1 fully saturated rings. The molecule has 0 aliphatic carbocycles. The van der Waals surface area contributed by atoms with Crippen molar-refractivity contribution in [2.75, 3.05) is 36.9 Å². The van der Waals surface area contributed by atoms with Crippen LogP contribution in [-0.4, -0.2) is 43.3 Å². The molecule has 0 bridgehead atoms. The summed E-state index contributed by atoms with van der Waals surface area (Å²) in [7, 11) is 0. The van der Waals surface area contributed by atoms with E-state index in [9.17, 15) is 4.79 Å². The highest BCUT2D eigenvalue weighted by atomic mass is 16.1. The molecule has 5 nitrogen and oxygen atoms in total. The van der Waals surface area contributed by atoms with Crippen molar-refractivity contribution in [2.24, 2.45) is 10.9 Å². The number of piperidine rings is 1. The molecule has 1 aliphatic rings. The zero-order valence-electron chi connectivity index (χ0n) is 21.7. The number of aliphatic imine (C=N–C) groups is 1. The zero-order chi connectivity index (χ0) is 25.8. The SMILES string of the molecule is C=C/C=C\C/C=N\CNc1ccccc1C(=C)CN1CCC(c2cccc(NC(=O)C(C)C)c2)CC1. The Labute approximate surface area is 216 Å². The summed E-state index contributed by atoms with van der Waals surface area (Å²) in [6.07, 6.45) is 10.6. The number of rotatable bonds is 12. The van der Waals surface area contributed by atoms with Gasteiger partial charge in [0, 0.05) is 42.0 Å². The molecular formula is C31H40N4O. The van der Waals surface area contributed by atoms with Crippen LogP contribution in [0, 0.1) is 5.92 Å². The molecule has 190 valence electrons. The molecule has 2 N–H and O–H groups in total. The first-order valence-electron chi connectivity index (χ1n) is 12.9. The molecule has 0 saturated carbocycles. The van der Waals surface area contributed by atoms with Gasteiger partial charge in [0.2, 0.25) is 5.91 Å². The van der Waals surface area contributed by atoms with E-state index < -0.39 is 0 Å². The van der Waals surface area contributed by atoms with E-state index in [1.54, 1.807) is 6.08 Å². The van der Waals surface area contributed by atoms with Gasteiger partial charge in [-0.05, 0) is 61.2 Å². The molecule has 2 aromatic rings. The van der Waals surface area contributed by atoms with Crippen molar-refractivity contribution in [2.45, 2.75) is 39.0 Å². The normalized spacial score (nSPS) is 15.0. The van der Waals surface area contributed by atoms with Crippen LogP contribution in [0.1, 0.15) is 50.2 Å². The lowest BCUT2D eigenvalue weighted by molar-refractivity contribution is -0.118. The molecule has 0 aromatic heterocycles. The van der Waals surface area contributed by atoms with Crippen LogP contribution in [0.4, 0.5) is 11.4 Å². The molecule has 0 atom stereocenters. The highest BCUT2D eigenvalue weighted by Crippen LogP contribution is 2.31. The van der Waals surface area contributed by atoms with E-state index >= 15 is 0 Å². The lowest BCUT2D eigenvalue weighted by Crippen LogP contribution is -2.34. The number of hydrogen-bond donors (Lipinski definition) is 2. The number of carbonyl (C=O) groups is 1. The third-order valence-corrected chi connectivity index (χ3v) is 6.46. The smallest absolute Gasteiger partial charge is 0.226 e. The molecular weight excluding hydrogens is 444 g/mol. The van der Waals surface area contributed by atoms with Crippen LogP contribution in [0.15, 0.2) is 84.9 Å². The van der Waals surface area contributed by atoms with Gasteiger partial charge in [-0.2, -0.15) is 0 Å². The van der Waals surface area contributed by atoms with Gasteiger partial charge in [-0.25, -0.2) is 0 Å². The van der Waals surface area contributed by atoms with Gasteiger partial charge in [0.1, 0.15) is 6.67 Å². The second kappa shape index (κ2) is 14.2. The predicted octanol–water partition coefficient (Wildman–Crippen LogP) is 6.75. The van der Waals surface area contributed by atoms with Crippen LogP contribution in [0.25, 0.3) is 5.57 Å². The van der Waals surface area contributed by atoms with E-state index in [4.69, 9.17) is 0 Å². The van der Waals surface area contributed by atoms with E-state index in [0.29, 0.717) is 12.6 Å². The number of carbonyl (C=O) groups excluding carboxylic acids is 1. The Balaban J connectivity index is 1.51. The third kappa shape index (κ3) is 8.35. The predicted molar refractivity (Wildman–Crippen MR) is 155 cm³/mol. The Morgan fingerprint density at radius 2 is 1.94 bits per heavy atom. The van der Waals surface area contributed by atoms with Gasteiger partial charge < -0.3 is 10.6 Å². The van der Waals surface area contributed by atoms with Gasteiger partial charge in [-0.3, -0.25) is 14.7 Å². The minimum Gasteiger partial charge on any atom is -0.366 e. The summed E-state index contributed by atoms with van der Waals surface area (Å²) in [5.74, 6) is 0.546. The highest BCUT2D eigenvalue weighted by Gasteiger charge is 2.22. The average molecular weight is 485 g/mol. The van der Waals surface area contributed by atoms with E-state index in [-0.39, 0.29) is 11.8 Å². The molecule has 2 aromatic carbocycles. The molecule has 0 unspecified atom stereocenters. The summed E-state index contributed by atoms with van der Waals surface area (Å²) in [5, 5.41) is 6.45. The first kappa shape index (κ1) is 27.2. The van der Waals surface area contributed by atoms with Crippen molar-refractivity contribution >= 4 is 29.1 Å². The quantitative estimate of drug-likeness (QED) is 0.259. The van der Waals surface area contributed by atoms with Gasteiger partial charge in [-0.15, -0.1) is 0 Å². The van der Waals surface area contributed by atoms with Gasteiger partial charge in [0.25, 0.3) is 0 Å². The standard InChI is InChI=1S/C31H40N4O/c1-5-6-7-10-18-32-23-33-30-15-9-8-14-29(30)25(4)22-35-19-16-26(17-20-35)27-12-11-13-28(21-27)34-31(36)24(2)3/h5-9,11-15,18,21,24,26,33H,1,4,10,16-17,19-20,22-23H2,2-3H3,(H,34,36)/b7-6-,32-18-. The van der Waals surface area contributed by atoms with Crippen LogP contribution >= 0.6 is 0 Å². The van der Waals surface area contributed by atoms with Crippen LogP contribution in [-0.2, 0) is 4.79 Å².